The maximum atomic E-state index is 13.8. The number of aliphatic carboxylic acids is 1. The third-order valence-corrected chi connectivity index (χ3v) is 3.98. The Morgan fingerprint density at radius 3 is 2.38 bits per heavy atom. The van der Waals surface area contributed by atoms with Crippen molar-refractivity contribution in [2.24, 2.45) is 5.92 Å². The van der Waals surface area contributed by atoms with Crippen molar-refractivity contribution in [2.45, 2.75) is 51.4 Å². The second kappa shape index (κ2) is 8.44. The van der Waals surface area contributed by atoms with Crippen LogP contribution >= 0.6 is 0 Å². The van der Waals surface area contributed by atoms with Crippen LogP contribution in [-0.4, -0.2) is 42.0 Å². The fourth-order valence-electron chi connectivity index (χ4n) is 2.56. The van der Waals surface area contributed by atoms with Gasteiger partial charge in [-0.15, -0.1) is 0 Å². The van der Waals surface area contributed by atoms with Crippen LogP contribution in [0.3, 0.4) is 0 Å². The summed E-state index contributed by atoms with van der Waals surface area (Å²) in [6, 6.07) is 5.76. The van der Waals surface area contributed by atoms with Crippen LogP contribution in [-0.2, 0) is 14.3 Å². The lowest BCUT2D eigenvalue weighted by atomic mass is 10.0. The van der Waals surface area contributed by atoms with E-state index in [1.54, 1.807) is 0 Å². The fraction of sp³-hybridized carbons (Fsp3) is 0.556. The summed E-state index contributed by atoms with van der Waals surface area (Å²) in [6.07, 6.45) is 0.344. The first-order valence-electron chi connectivity index (χ1n) is 8.42. The minimum absolute atomic E-state index is 0.0220. The predicted molar refractivity (Wildman–Crippen MR) is 87.3 cm³/mol. The molecule has 2 unspecified atom stereocenters. The van der Waals surface area contributed by atoms with E-state index in [4.69, 9.17) is 19.3 Å². The third kappa shape index (κ3) is 4.91. The molecule has 0 bridgehead atoms. The van der Waals surface area contributed by atoms with Gasteiger partial charge in [-0.05, 0) is 43.0 Å². The van der Waals surface area contributed by atoms with Gasteiger partial charge in [0.2, 0.25) is 0 Å². The number of benzene rings is 1. The highest BCUT2D eigenvalue weighted by Crippen LogP contribution is 2.29. The fourth-order valence-corrected chi connectivity index (χ4v) is 2.56. The second-order valence-electron chi connectivity index (χ2n) is 6.44. The molecule has 2 rings (SSSR count). The van der Waals surface area contributed by atoms with Crippen LogP contribution in [0.1, 0.15) is 43.5 Å². The molecule has 1 saturated heterocycles. The van der Waals surface area contributed by atoms with E-state index in [2.05, 4.69) is 0 Å². The molecule has 1 heterocycles. The lowest BCUT2D eigenvalue weighted by molar-refractivity contribution is -0.187. The number of alkyl halides is 2. The number of carboxylic acids is 1. The number of hydrogen-bond donors (Lipinski definition) is 1. The summed E-state index contributed by atoms with van der Waals surface area (Å²) in [4.78, 5) is 22.9. The molecule has 1 fully saturated rings. The number of esters is 1. The SMILES string of the molecule is CC(C)C(OC(=O)c1ccc(OC2CCCCO2)cc1)C(F)(F)C(=O)O. The molecule has 1 aliphatic rings. The highest BCUT2D eigenvalue weighted by Gasteiger charge is 2.51. The predicted octanol–water partition coefficient (Wildman–Crippen LogP) is 3.49. The van der Waals surface area contributed by atoms with Crippen molar-refractivity contribution in [1.29, 1.82) is 0 Å². The average Bonchev–Trinajstić information content (AvgIpc) is 2.60. The summed E-state index contributed by atoms with van der Waals surface area (Å²) < 4.78 is 43.4. The third-order valence-electron chi connectivity index (χ3n) is 3.98. The Bertz CT molecular complexity index is 623. The molecule has 1 aromatic carbocycles. The van der Waals surface area contributed by atoms with Gasteiger partial charge in [-0.1, -0.05) is 13.8 Å². The lowest BCUT2D eigenvalue weighted by Gasteiger charge is -2.26. The molecule has 0 saturated carbocycles. The van der Waals surface area contributed by atoms with E-state index in [9.17, 15) is 18.4 Å². The number of carbonyl (C=O) groups excluding carboxylic acids is 1. The van der Waals surface area contributed by atoms with Gasteiger partial charge in [0.15, 0.2) is 12.4 Å². The molecule has 2 atom stereocenters. The summed E-state index contributed by atoms with van der Waals surface area (Å²) in [6.45, 7) is 3.34. The van der Waals surface area contributed by atoms with Gasteiger partial charge in [0.1, 0.15) is 5.75 Å². The van der Waals surface area contributed by atoms with Gasteiger partial charge in [0, 0.05) is 6.42 Å². The van der Waals surface area contributed by atoms with Crippen molar-refractivity contribution >= 4 is 11.9 Å². The summed E-state index contributed by atoms with van der Waals surface area (Å²) in [5.74, 6) is -7.93. The summed E-state index contributed by atoms with van der Waals surface area (Å²) in [5.41, 5.74) is 0.0220. The van der Waals surface area contributed by atoms with Crippen molar-refractivity contribution in [3.05, 3.63) is 29.8 Å². The van der Waals surface area contributed by atoms with E-state index < -0.39 is 29.9 Å². The van der Waals surface area contributed by atoms with Crippen LogP contribution in [0.5, 0.6) is 5.75 Å². The zero-order valence-electron chi connectivity index (χ0n) is 14.6. The quantitative estimate of drug-likeness (QED) is 0.738. The normalized spacial score (nSPS) is 19.0. The number of halogens is 2. The zero-order valence-corrected chi connectivity index (χ0v) is 14.6. The first-order valence-corrected chi connectivity index (χ1v) is 8.42. The van der Waals surface area contributed by atoms with Crippen LogP contribution in [0, 0.1) is 5.92 Å². The molecule has 6 nitrogen and oxygen atoms in total. The monoisotopic (exact) mass is 372 g/mol. The van der Waals surface area contributed by atoms with E-state index in [0.717, 1.165) is 19.3 Å². The van der Waals surface area contributed by atoms with Gasteiger partial charge in [0.25, 0.3) is 0 Å². The van der Waals surface area contributed by atoms with Crippen LogP contribution in [0.15, 0.2) is 24.3 Å². The van der Waals surface area contributed by atoms with Gasteiger partial charge in [-0.2, -0.15) is 8.78 Å². The van der Waals surface area contributed by atoms with E-state index in [1.165, 1.54) is 38.1 Å². The zero-order chi connectivity index (χ0) is 19.3. The van der Waals surface area contributed by atoms with Crippen LogP contribution in [0.25, 0.3) is 0 Å². The molecule has 0 radical (unpaired) electrons. The smallest absolute Gasteiger partial charge is 0.378 e. The summed E-state index contributed by atoms with van der Waals surface area (Å²) in [7, 11) is 0. The Hall–Kier alpha value is -2.22. The van der Waals surface area contributed by atoms with Gasteiger partial charge >= 0.3 is 17.9 Å². The molecule has 144 valence electrons. The maximum absolute atomic E-state index is 13.8. The number of rotatable bonds is 7. The van der Waals surface area contributed by atoms with Crippen molar-refractivity contribution < 1.29 is 37.7 Å². The largest absolute Gasteiger partial charge is 0.477 e. The Kier molecular flexibility index (Phi) is 6.52. The van der Waals surface area contributed by atoms with Gasteiger partial charge < -0.3 is 19.3 Å². The van der Waals surface area contributed by atoms with E-state index in [0.29, 0.717) is 12.4 Å². The summed E-state index contributed by atoms with van der Waals surface area (Å²) >= 11 is 0. The van der Waals surface area contributed by atoms with Crippen molar-refractivity contribution in [3.8, 4) is 5.75 Å². The Labute approximate surface area is 150 Å². The Balaban J connectivity index is 2.03. The molecular weight excluding hydrogens is 350 g/mol. The first kappa shape index (κ1) is 20.1. The minimum atomic E-state index is -4.18. The molecule has 26 heavy (non-hydrogen) atoms. The highest BCUT2D eigenvalue weighted by atomic mass is 19.3. The van der Waals surface area contributed by atoms with Gasteiger partial charge in [-0.25, -0.2) is 9.59 Å². The molecule has 0 spiro atoms. The van der Waals surface area contributed by atoms with Crippen LogP contribution in [0.4, 0.5) is 8.78 Å². The second-order valence-corrected chi connectivity index (χ2v) is 6.44. The average molecular weight is 372 g/mol. The molecule has 1 aliphatic heterocycles. The number of carbonyl (C=O) groups is 2. The first-order chi connectivity index (χ1) is 12.2. The van der Waals surface area contributed by atoms with Crippen molar-refractivity contribution in [2.75, 3.05) is 6.61 Å². The number of hydrogen-bond acceptors (Lipinski definition) is 5. The Morgan fingerprint density at radius 2 is 1.88 bits per heavy atom. The van der Waals surface area contributed by atoms with E-state index in [-0.39, 0.29) is 11.9 Å². The molecule has 0 amide bonds. The molecule has 0 aliphatic carbocycles. The minimum Gasteiger partial charge on any atom is -0.477 e. The standard InChI is InChI=1S/C18H22F2O6/c1-11(2)15(18(19,20)17(22)23)26-16(21)12-6-8-13(9-7-12)25-14-5-3-4-10-24-14/h6-9,11,14-15H,3-5,10H2,1-2H3,(H,22,23). The molecule has 8 heteroatoms. The number of carboxylic acid groups (broad SMARTS) is 1. The van der Waals surface area contributed by atoms with Crippen molar-refractivity contribution in [1.82, 2.24) is 0 Å². The molecular formula is C18H22F2O6. The molecule has 0 aromatic heterocycles. The Morgan fingerprint density at radius 1 is 1.23 bits per heavy atom. The van der Waals surface area contributed by atoms with Crippen molar-refractivity contribution in [3.63, 3.8) is 0 Å². The van der Waals surface area contributed by atoms with Gasteiger partial charge in [-0.3, -0.25) is 0 Å². The van der Waals surface area contributed by atoms with Gasteiger partial charge in [0.05, 0.1) is 12.2 Å². The highest BCUT2D eigenvalue weighted by molar-refractivity contribution is 5.90. The number of ether oxygens (including phenoxy) is 3. The van der Waals surface area contributed by atoms with E-state index in [1.807, 2.05) is 0 Å². The maximum Gasteiger partial charge on any atom is 0.378 e. The van der Waals surface area contributed by atoms with Crippen LogP contribution < -0.4 is 4.74 Å². The topological polar surface area (TPSA) is 82.1 Å². The van der Waals surface area contributed by atoms with Crippen LogP contribution in [0.2, 0.25) is 0 Å². The summed E-state index contributed by atoms with van der Waals surface area (Å²) in [5, 5.41) is 8.67. The van der Waals surface area contributed by atoms with E-state index >= 15 is 0 Å². The molecule has 1 N–H and O–H groups in total. The lowest BCUT2D eigenvalue weighted by Crippen LogP contribution is -2.47. The molecule has 1 aromatic rings.